The van der Waals surface area contributed by atoms with Crippen LogP contribution in [0.2, 0.25) is 0 Å². The number of carbonyl (C=O) groups excluding carboxylic acids is 6. The number of alkyl carbamates (subject to hydrolysis) is 2. The maximum absolute atomic E-state index is 13.1. The molecule has 13 N–H and O–H groups in total. The number of esters is 1. The Kier molecular flexibility index (Phi) is 37.4. The summed E-state index contributed by atoms with van der Waals surface area (Å²) in [5, 5.41) is 52.9. The van der Waals surface area contributed by atoms with E-state index in [1.165, 1.54) is 25.8 Å². The number of aliphatic carboxylic acids is 5. The van der Waals surface area contributed by atoms with Crippen LogP contribution >= 0.6 is 62.3 Å². The summed E-state index contributed by atoms with van der Waals surface area (Å²) in [6, 6.07) is 41.6. The van der Waals surface area contributed by atoms with Crippen molar-refractivity contribution in [3.63, 3.8) is 0 Å². The van der Waals surface area contributed by atoms with Crippen molar-refractivity contribution < 1.29 is 92.5 Å². The average molecular weight is 1410 g/mol. The molecule has 6 rings (SSSR count). The number of ketones is 1. The highest BCUT2D eigenvalue weighted by Gasteiger charge is 2.39. The highest BCUT2D eigenvalue weighted by atomic mass is 32.2. The fourth-order valence-corrected chi connectivity index (χ4v) is 11.1. The highest BCUT2D eigenvalue weighted by molar-refractivity contribution is 8.00. The van der Waals surface area contributed by atoms with Gasteiger partial charge >= 0.3 is 48.0 Å². The maximum atomic E-state index is 13.1. The van der Waals surface area contributed by atoms with Gasteiger partial charge in [0.15, 0.2) is 0 Å². The van der Waals surface area contributed by atoms with Crippen LogP contribution in [0.4, 0.5) is 9.59 Å². The number of benzene rings is 5. The lowest BCUT2D eigenvalue weighted by molar-refractivity contribution is -0.142. The minimum atomic E-state index is -1.19. The number of nitrogens with two attached hydrogens (primary N) is 2. The summed E-state index contributed by atoms with van der Waals surface area (Å²) in [4.78, 5) is 122. The lowest BCUT2D eigenvalue weighted by Crippen LogP contribution is -2.45. The third-order valence-corrected chi connectivity index (χ3v) is 16.4. The fraction of sp³-hybridized carbons (Fsp3) is 0.369. The van der Waals surface area contributed by atoms with Gasteiger partial charge in [-0.05, 0) is 66.1 Å². The zero-order valence-corrected chi connectivity index (χ0v) is 57.1. The number of thioether (sulfide) groups is 1. The van der Waals surface area contributed by atoms with E-state index in [4.69, 9.17) is 41.4 Å². The second kappa shape index (κ2) is 42.9. The number of hydrogen-bond acceptors (Lipinski definition) is 21. The van der Waals surface area contributed by atoms with Gasteiger partial charge in [0.2, 0.25) is 11.8 Å². The van der Waals surface area contributed by atoms with Gasteiger partial charge in [0, 0.05) is 54.4 Å². The van der Waals surface area contributed by atoms with Gasteiger partial charge < -0.3 is 72.5 Å². The van der Waals surface area contributed by atoms with Gasteiger partial charge in [-0.2, -0.15) is 50.5 Å². The summed E-state index contributed by atoms with van der Waals surface area (Å²) in [5.41, 5.74) is 17.1. The number of Topliss-reactive ketones (excluding diaryl/α,β-unsaturated/α-hetero) is 1. The lowest BCUT2D eigenvalue weighted by Gasteiger charge is -2.36. The van der Waals surface area contributed by atoms with Crippen LogP contribution < -0.4 is 32.7 Å². The summed E-state index contributed by atoms with van der Waals surface area (Å²) in [6.45, 7) is 6.06. The minimum Gasteiger partial charge on any atom is -0.480 e. The van der Waals surface area contributed by atoms with E-state index in [9.17, 15) is 57.8 Å². The Morgan fingerprint density at radius 1 is 0.558 bits per heavy atom. The van der Waals surface area contributed by atoms with E-state index in [2.05, 4.69) is 125 Å². The molecule has 1 aliphatic rings. The van der Waals surface area contributed by atoms with E-state index in [0.717, 1.165) is 38.9 Å². The van der Waals surface area contributed by atoms with Gasteiger partial charge in [0.05, 0.1) is 17.8 Å². The summed E-state index contributed by atoms with van der Waals surface area (Å²) in [5.74, 6) is -7.57. The Balaban J connectivity index is 0.000000488. The molecule has 1 aliphatic carbocycles. The molecule has 25 nitrogen and oxygen atoms in total. The highest BCUT2D eigenvalue weighted by Crippen LogP contribution is 2.49. The molecule has 0 saturated heterocycles. The van der Waals surface area contributed by atoms with Crippen molar-refractivity contribution >= 4 is 128 Å². The zero-order valence-electron chi connectivity index (χ0n) is 52.7. The number of fused-ring (bicyclic) bond motifs is 3. The molecule has 0 aromatic heterocycles. The number of rotatable bonds is 28. The molecule has 0 spiro atoms. The number of thiol groups is 4. The number of methoxy groups -OCH3 is 1. The molecular formula is C65H82N6O19S5. The number of carbonyl (C=O) groups is 11. The van der Waals surface area contributed by atoms with E-state index >= 15 is 0 Å². The monoisotopic (exact) mass is 1410 g/mol. The molecule has 0 saturated carbocycles. The number of carboxylic acid groups (broad SMARTS) is 5. The molecule has 0 aliphatic heterocycles. The molecule has 516 valence electrons. The normalized spacial score (nSPS) is 13.0. The van der Waals surface area contributed by atoms with E-state index in [-0.39, 0.29) is 72.2 Å². The quantitative estimate of drug-likeness (QED) is 0.0111. The smallest absolute Gasteiger partial charge is 0.408 e. The molecule has 95 heavy (non-hydrogen) atoms. The van der Waals surface area contributed by atoms with Crippen molar-refractivity contribution in [1.29, 1.82) is 0 Å². The van der Waals surface area contributed by atoms with E-state index in [1.807, 2.05) is 91.0 Å². The van der Waals surface area contributed by atoms with Gasteiger partial charge in [-0.3, -0.25) is 28.8 Å². The van der Waals surface area contributed by atoms with Crippen LogP contribution in [0.1, 0.15) is 80.7 Å². The topological polar surface area (TPSA) is 417 Å². The molecule has 0 radical (unpaired) electrons. The van der Waals surface area contributed by atoms with Crippen molar-refractivity contribution in [1.82, 2.24) is 21.3 Å². The Hall–Kier alpha value is -8.26. The first kappa shape index (κ1) is 82.8. The second-order valence-corrected chi connectivity index (χ2v) is 24.2. The third-order valence-electron chi connectivity index (χ3n) is 13.2. The van der Waals surface area contributed by atoms with Crippen LogP contribution in [-0.2, 0) is 62.1 Å². The maximum Gasteiger partial charge on any atom is 0.408 e. The predicted molar refractivity (Wildman–Crippen MR) is 371 cm³/mol. The van der Waals surface area contributed by atoms with E-state index < -0.39 is 107 Å². The molecule has 6 atom stereocenters. The van der Waals surface area contributed by atoms with Crippen LogP contribution in [0.5, 0.6) is 0 Å². The van der Waals surface area contributed by atoms with Gasteiger partial charge in [0.25, 0.3) is 0 Å². The molecular weight excluding hydrogens is 1330 g/mol. The Bertz CT molecular complexity index is 3170. The van der Waals surface area contributed by atoms with Gasteiger partial charge in [-0.15, -0.1) is 11.8 Å². The average Bonchev–Trinajstić information content (AvgIpc) is 1.64. The summed E-state index contributed by atoms with van der Waals surface area (Å²) in [7, 11) is 1.25. The second-order valence-electron chi connectivity index (χ2n) is 21.5. The lowest BCUT2D eigenvalue weighted by atomic mass is 9.84. The molecule has 5 aromatic carbocycles. The first-order chi connectivity index (χ1) is 44.9. The first-order valence-corrected chi connectivity index (χ1v) is 32.6. The van der Waals surface area contributed by atoms with Crippen LogP contribution in [0, 0.1) is 5.92 Å². The molecule has 30 heteroatoms. The van der Waals surface area contributed by atoms with Crippen molar-refractivity contribution in [3.05, 3.63) is 167 Å². The third kappa shape index (κ3) is 29.1. The van der Waals surface area contributed by atoms with Gasteiger partial charge in [-0.1, -0.05) is 140 Å². The van der Waals surface area contributed by atoms with Gasteiger partial charge in [-0.25, -0.2) is 24.0 Å². The molecule has 0 heterocycles. The molecule has 0 bridgehead atoms. The van der Waals surface area contributed by atoms with Crippen LogP contribution in [0.25, 0.3) is 11.1 Å². The Morgan fingerprint density at radius 2 is 1.00 bits per heavy atom. The molecule has 5 aromatic rings. The van der Waals surface area contributed by atoms with Crippen LogP contribution in [-0.4, -0.2) is 176 Å². The number of amides is 4. The predicted octanol–water partition coefficient (Wildman–Crippen LogP) is 6.40. The largest absolute Gasteiger partial charge is 0.480 e. The zero-order chi connectivity index (χ0) is 71.4. The van der Waals surface area contributed by atoms with E-state index in [1.54, 1.807) is 20.8 Å². The fourth-order valence-electron chi connectivity index (χ4n) is 8.58. The molecule has 0 fully saturated rings. The summed E-state index contributed by atoms with van der Waals surface area (Å²) >= 11 is 16.7. The van der Waals surface area contributed by atoms with Crippen molar-refractivity contribution in [2.75, 3.05) is 49.0 Å². The standard InChI is InChI=1S/C37H31NO4S.C11H18N2O6S.C9H17NO4S.C5H9NO3S.C3H7NO2S/c39-35(40)34(38-36(41)42-24-33-31-22-12-10-20-29(31)30-21-11-13-23-32(30)33)25-43-37(26-14-4-1-5-15-26,27-16-6-2-7-17-27)28-18-8-3-9-19-28;12-8(11(18)19)2-1-7(14)3-6(5-20)10(17)13-4-9(15)16;1-9(2,3)14-8(12)10-6(5-15)7(11)13-4;1-3(7)6-4(2-10)5(8)9;4-2(1-7)3(5)6/h1-23,33-34H,24-25H2,(H,38,41)(H,39,40);6,8,20H,1-5,12H2,(H,13,17)(H,15,16)(H,18,19);6,15H,5H2,1-4H3,(H,10,12);4,10H,2H2,1H3,(H,6,7)(H,8,9);2,7H,1,4H2,(H,5,6)/t34-;6-,8?;6-;4-;2-/m00000/s1. The molecule has 4 amide bonds. The Labute approximate surface area is 576 Å². The van der Waals surface area contributed by atoms with Crippen molar-refractivity contribution in [3.8, 4) is 11.1 Å². The van der Waals surface area contributed by atoms with Crippen molar-refractivity contribution in [2.24, 2.45) is 17.4 Å². The number of hydrogen-bond donors (Lipinski definition) is 15. The minimum absolute atomic E-state index is 0.00972. The summed E-state index contributed by atoms with van der Waals surface area (Å²) < 4.78 is 14.4. The van der Waals surface area contributed by atoms with Crippen LogP contribution in [0.3, 0.4) is 0 Å². The number of nitrogens with one attached hydrogen (secondary N) is 4. The van der Waals surface area contributed by atoms with Crippen LogP contribution in [0.15, 0.2) is 140 Å². The molecule has 1 unspecified atom stereocenters. The van der Waals surface area contributed by atoms with E-state index in [0.29, 0.717) is 0 Å². The number of carboxylic acids is 5. The summed E-state index contributed by atoms with van der Waals surface area (Å²) in [6.07, 6.45) is -1.60. The SMILES string of the molecule is CC(=O)N[C@@H](CS)C(=O)O.COC(=O)[C@H](CS)NC(=O)OC(C)(C)C.NC(CCC(=O)C[C@@H](CS)C(=O)NCC(=O)O)C(=O)O.N[C@@H](CS)C(=O)O.O=C(N[C@@H](CSC(c1ccccc1)(c1ccccc1)c1ccccc1)C(=O)O)OCC1c2ccccc2-c2ccccc21. The first-order valence-electron chi connectivity index (χ1n) is 29.0. The Morgan fingerprint density at radius 3 is 1.36 bits per heavy atom. The van der Waals surface area contributed by atoms with Crippen molar-refractivity contribution in [2.45, 2.75) is 93.4 Å². The van der Waals surface area contributed by atoms with Gasteiger partial charge in [0.1, 0.15) is 54.7 Å². The number of ether oxygens (including phenoxy) is 3.